The molecule has 0 spiro atoms. The highest BCUT2D eigenvalue weighted by Gasteiger charge is 2.47. The van der Waals surface area contributed by atoms with Crippen molar-refractivity contribution in [3.05, 3.63) is 52.4 Å². The van der Waals surface area contributed by atoms with Gasteiger partial charge in [0.15, 0.2) is 11.5 Å². The number of amides is 1. The summed E-state index contributed by atoms with van der Waals surface area (Å²) < 4.78 is 18.2. The summed E-state index contributed by atoms with van der Waals surface area (Å²) in [4.78, 5) is 46.1. The van der Waals surface area contributed by atoms with Crippen molar-refractivity contribution >= 4 is 11.9 Å². The van der Waals surface area contributed by atoms with Crippen LogP contribution in [0.25, 0.3) is 0 Å². The van der Waals surface area contributed by atoms with Crippen LogP contribution in [0, 0.1) is 5.92 Å². The Morgan fingerprint density at radius 3 is 2.69 bits per heavy atom. The molecule has 2 aliphatic heterocycles. The molecule has 0 radical (unpaired) electrons. The Morgan fingerprint density at radius 2 is 2.00 bits per heavy atom. The molecule has 2 aromatic rings. The summed E-state index contributed by atoms with van der Waals surface area (Å²) in [6, 6.07) is 7.98. The second kappa shape index (κ2) is 13.0. The second-order valence-corrected chi connectivity index (χ2v) is 9.77. The highest BCUT2D eigenvalue weighted by Crippen LogP contribution is 2.47. The van der Waals surface area contributed by atoms with Crippen LogP contribution in [-0.4, -0.2) is 77.7 Å². The number of carboxylic acid groups (broad SMARTS) is 1. The molecule has 11 heteroatoms. The number of aryl methyl sites for hydroxylation is 1. The maximum absolute atomic E-state index is 13.3. The van der Waals surface area contributed by atoms with Crippen molar-refractivity contribution in [2.45, 2.75) is 51.6 Å². The first-order valence-corrected chi connectivity index (χ1v) is 13.4. The number of hydrogen-bond donors (Lipinski definition) is 1. The number of aromatic nitrogens is 1. The smallest absolute Gasteiger partial charge is 0.308 e. The van der Waals surface area contributed by atoms with Crippen molar-refractivity contribution < 1.29 is 33.7 Å². The molecule has 1 fully saturated rings. The average Bonchev–Trinajstić information content (AvgIpc) is 3.54. The van der Waals surface area contributed by atoms with Gasteiger partial charge in [0, 0.05) is 43.9 Å². The SMILES string of the molecule is CCCON(CCC)C(=O)CN1C[C@H](c2cc(OC)c3c(c2)OCO3)[C@@H](C(=O)O)[C@@H]1CCn1ccccc1=O. The van der Waals surface area contributed by atoms with E-state index in [1.807, 2.05) is 18.7 Å². The minimum absolute atomic E-state index is 0.0000359. The van der Waals surface area contributed by atoms with E-state index in [0.29, 0.717) is 49.9 Å². The van der Waals surface area contributed by atoms with Crippen molar-refractivity contribution in [3.63, 3.8) is 0 Å². The molecular formula is C28H37N3O8. The molecule has 1 amide bonds. The topological polar surface area (TPSA) is 120 Å². The van der Waals surface area contributed by atoms with Crippen LogP contribution in [0.3, 0.4) is 0 Å². The lowest BCUT2D eigenvalue weighted by Crippen LogP contribution is -2.45. The Bertz CT molecular complexity index is 1220. The standard InChI is InChI=1S/C28H37N3O8/c1-4-10-31(39-13-5-2)25(33)17-30-16-20(19-14-22(36-3)27-23(15-19)37-18-38-27)26(28(34)35)21(30)9-12-29-11-7-6-8-24(29)32/h6-8,11,14-15,20-21,26H,4-5,9-10,12-13,16-18H2,1-3H3,(H,34,35)/t20-,21+,26-/m1/s1. The summed E-state index contributed by atoms with van der Waals surface area (Å²) in [5.41, 5.74) is 0.567. The molecule has 1 aromatic carbocycles. The number of nitrogens with zero attached hydrogens (tertiary/aromatic N) is 3. The van der Waals surface area contributed by atoms with Gasteiger partial charge >= 0.3 is 5.97 Å². The zero-order valence-corrected chi connectivity index (χ0v) is 22.7. The van der Waals surface area contributed by atoms with Crippen LogP contribution in [0.5, 0.6) is 17.2 Å². The predicted octanol–water partition coefficient (Wildman–Crippen LogP) is 2.72. The number of ether oxygens (including phenoxy) is 3. The molecule has 4 rings (SSSR count). The Labute approximate surface area is 227 Å². The molecule has 1 aromatic heterocycles. The van der Waals surface area contributed by atoms with Crippen LogP contribution in [0.4, 0.5) is 0 Å². The van der Waals surface area contributed by atoms with E-state index in [1.54, 1.807) is 35.0 Å². The number of hydrogen-bond acceptors (Lipinski definition) is 8. The third-order valence-corrected chi connectivity index (χ3v) is 7.20. The fraction of sp³-hybridized carbons (Fsp3) is 0.536. The van der Waals surface area contributed by atoms with Crippen LogP contribution in [-0.2, 0) is 21.0 Å². The van der Waals surface area contributed by atoms with Crippen LogP contribution in [0.15, 0.2) is 41.3 Å². The van der Waals surface area contributed by atoms with Crippen molar-refractivity contribution in [2.75, 3.05) is 40.1 Å². The monoisotopic (exact) mass is 543 g/mol. The molecule has 212 valence electrons. The van der Waals surface area contributed by atoms with E-state index < -0.39 is 23.8 Å². The number of methoxy groups -OCH3 is 1. The number of carboxylic acids is 1. The molecule has 1 N–H and O–H groups in total. The molecular weight excluding hydrogens is 506 g/mol. The van der Waals surface area contributed by atoms with Gasteiger partial charge in [0.05, 0.1) is 26.2 Å². The Morgan fingerprint density at radius 1 is 1.18 bits per heavy atom. The zero-order valence-electron chi connectivity index (χ0n) is 22.7. The molecule has 3 heterocycles. The fourth-order valence-electron chi connectivity index (χ4n) is 5.39. The van der Waals surface area contributed by atoms with Gasteiger partial charge in [0.2, 0.25) is 18.1 Å². The van der Waals surface area contributed by atoms with Crippen molar-refractivity contribution in [1.82, 2.24) is 14.5 Å². The number of likely N-dealkylation sites (tertiary alicyclic amines) is 1. The minimum Gasteiger partial charge on any atom is -0.493 e. The quantitative estimate of drug-likeness (QED) is 0.380. The van der Waals surface area contributed by atoms with Gasteiger partial charge in [-0.15, -0.1) is 0 Å². The number of rotatable bonds is 13. The molecule has 0 bridgehead atoms. The van der Waals surface area contributed by atoms with Gasteiger partial charge in [0.1, 0.15) is 0 Å². The first-order valence-electron chi connectivity index (χ1n) is 13.4. The number of pyridine rings is 1. The summed E-state index contributed by atoms with van der Waals surface area (Å²) in [6.45, 7) is 5.51. The third kappa shape index (κ3) is 6.36. The summed E-state index contributed by atoms with van der Waals surface area (Å²) in [7, 11) is 1.52. The first kappa shape index (κ1) is 28.4. The van der Waals surface area contributed by atoms with Crippen LogP contribution < -0.4 is 19.8 Å². The number of benzene rings is 1. The average molecular weight is 544 g/mol. The summed E-state index contributed by atoms with van der Waals surface area (Å²) in [5.74, 6) is -1.03. The maximum atomic E-state index is 13.3. The van der Waals surface area contributed by atoms with E-state index in [9.17, 15) is 19.5 Å². The van der Waals surface area contributed by atoms with E-state index in [0.717, 1.165) is 18.4 Å². The van der Waals surface area contributed by atoms with Gasteiger partial charge in [-0.1, -0.05) is 19.9 Å². The summed E-state index contributed by atoms with van der Waals surface area (Å²) >= 11 is 0. The lowest BCUT2D eigenvalue weighted by atomic mass is 9.84. The molecule has 1 saturated heterocycles. The molecule has 2 aliphatic rings. The van der Waals surface area contributed by atoms with Gasteiger partial charge in [-0.3, -0.25) is 24.1 Å². The lowest BCUT2D eigenvalue weighted by molar-refractivity contribution is -0.188. The Balaban J connectivity index is 1.66. The first-order chi connectivity index (χ1) is 18.9. The van der Waals surface area contributed by atoms with E-state index in [1.165, 1.54) is 18.2 Å². The van der Waals surface area contributed by atoms with E-state index in [4.69, 9.17) is 19.0 Å². The molecule has 0 aliphatic carbocycles. The maximum Gasteiger partial charge on any atom is 0.308 e. The number of hydroxylamine groups is 2. The van der Waals surface area contributed by atoms with E-state index in [2.05, 4.69) is 0 Å². The lowest BCUT2D eigenvalue weighted by Gasteiger charge is -2.29. The van der Waals surface area contributed by atoms with Crippen molar-refractivity contribution in [2.24, 2.45) is 5.92 Å². The van der Waals surface area contributed by atoms with E-state index >= 15 is 0 Å². The highest BCUT2D eigenvalue weighted by molar-refractivity contribution is 5.78. The fourth-order valence-corrected chi connectivity index (χ4v) is 5.39. The van der Waals surface area contributed by atoms with Crippen LogP contribution in [0.2, 0.25) is 0 Å². The number of carbonyl (C=O) groups is 2. The molecule has 39 heavy (non-hydrogen) atoms. The summed E-state index contributed by atoms with van der Waals surface area (Å²) in [6.07, 6.45) is 3.55. The van der Waals surface area contributed by atoms with Gasteiger partial charge in [0.25, 0.3) is 5.91 Å². The van der Waals surface area contributed by atoms with Crippen molar-refractivity contribution in [3.8, 4) is 17.2 Å². The van der Waals surface area contributed by atoms with Crippen molar-refractivity contribution in [1.29, 1.82) is 0 Å². The summed E-state index contributed by atoms with van der Waals surface area (Å²) in [5, 5.41) is 11.8. The predicted molar refractivity (Wildman–Crippen MR) is 142 cm³/mol. The zero-order chi connectivity index (χ0) is 27.9. The third-order valence-electron chi connectivity index (χ3n) is 7.20. The second-order valence-electron chi connectivity index (χ2n) is 9.77. The highest BCUT2D eigenvalue weighted by atomic mass is 16.7. The Hall–Kier alpha value is -3.57. The van der Waals surface area contributed by atoms with Gasteiger partial charge in [-0.25, -0.2) is 5.06 Å². The van der Waals surface area contributed by atoms with Gasteiger partial charge < -0.3 is 23.9 Å². The molecule has 0 saturated carbocycles. The number of fused-ring (bicyclic) bond motifs is 1. The molecule has 0 unspecified atom stereocenters. The number of carbonyl (C=O) groups excluding carboxylic acids is 1. The van der Waals surface area contributed by atoms with Gasteiger partial charge in [-0.05, 0) is 43.0 Å². The Kier molecular flexibility index (Phi) is 9.47. The number of aliphatic carboxylic acids is 1. The molecule has 3 atom stereocenters. The largest absolute Gasteiger partial charge is 0.493 e. The van der Waals surface area contributed by atoms with Gasteiger partial charge in [-0.2, -0.15) is 0 Å². The minimum atomic E-state index is -0.968. The van der Waals surface area contributed by atoms with Crippen LogP contribution in [0.1, 0.15) is 44.6 Å². The van der Waals surface area contributed by atoms with Crippen LogP contribution >= 0.6 is 0 Å². The van der Waals surface area contributed by atoms with E-state index in [-0.39, 0.29) is 24.8 Å². The normalized spacial score (nSPS) is 20.2. The molecule has 11 nitrogen and oxygen atoms in total.